The second kappa shape index (κ2) is 11.6. The van der Waals surface area contributed by atoms with Gasteiger partial charge in [0.05, 0.1) is 31.7 Å². The highest BCUT2D eigenvalue weighted by atomic mass is 32.2. The van der Waals surface area contributed by atoms with Gasteiger partial charge in [0.1, 0.15) is 11.5 Å². The topological polar surface area (TPSA) is 82.2 Å². The van der Waals surface area contributed by atoms with Crippen LogP contribution in [0.3, 0.4) is 0 Å². The van der Waals surface area contributed by atoms with Crippen molar-refractivity contribution in [2.45, 2.75) is 37.5 Å². The molecule has 0 fully saturated rings. The number of rotatable bonds is 11. The van der Waals surface area contributed by atoms with Crippen molar-refractivity contribution in [1.29, 1.82) is 0 Å². The number of nitrogens with zero attached hydrogens (tertiary/aromatic N) is 3. The molecule has 2 aromatic heterocycles. The predicted molar refractivity (Wildman–Crippen MR) is 133 cm³/mol. The van der Waals surface area contributed by atoms with Gasteiger partial charge in [-0.3, -0.25) is 9.36 Å². The van der Waals surface area contributed by atoms with E-state index in [1.54, 1.807) is 13.4 Å². The number of carbonyl (C=O) groups excluding carboxylic acids is 1. The van der Waals surface area contributed by atoms with Crippen LogP contribution in [0.2, 0.25) is 0 Å². The number of methoxy groups -OCH3 is 1. The number of hydrogen-bond acceptors (Lipinski definition) is 6. The third-order valence-electron chi connectivity index (χ3n) is 5.39. The second-order valence-electron chi connectivity index (χ2n) is 7.81. The van der Waals surface area contributed by atoms with Gasteiger partial charge in [-0.05, 0) is 36.2 Å². The van der Waals surface area contributed by atoms with Gasteiger partial charge >= 0.3 is 0 Å². The molecule has 176 valence electrons. The highest BCUT2D eigenvalue weighted by molar-refractivity contribution is 7.99. The summed E-state index contributed by atoms with van der Waals surface area (Å²) in [7, 11) is 1.63. The minimum absolute atomic E-state index is 0.00682. The number of carbonyl (C=O) groups is 1. The maximum Gasteiger partial charge on any atom is 0.230 e. The molecule has 2 heterocycles. The summed E-state index contributed by atoms with van der Waals surface area (Å²) in [5.74, 6) is 2.40. The Morgan fingerprint density at radius 2 is 1.97 bits per heavy atom. The average molecular weight is 477 g/mol. The van der Waals surface area contributed by atoms with Crippen molar-refractivity contribution < 1.29 is 13.9 Å². The molecule has 0 aliphatic rings. The molecule has 0 radical (unpaired) electrons. The summed E-state index contributed by atoms with van der Waals surface area (Å²) in [6, 6.07) is 21.5. The molecule has 34 heavy (non-hydrogen) atoms. The Kier molecular flexibility index (Phi) is 8.04. The lowest BCUT2D eigenvalue weighted by Crippen LogP contribution is -2.30. The third kappa shape index (κ3) is 5.88. The fourth-order valence-electron chi connectivity index (χ4n) is 3.73. The van der Waals surface area contributed by atoms with Crippen LogP contribution in [0.5, 0.6) is 5.75 Å². The fourth-order valence-corrected chi connectivity index (χ4v) is 4.48. The van der Waals surface area contributed by atoms with Crippen molar-refractivity contribution in [2.24, 2.45) is 0 Å². The Hall–Kier alpha value is -3.52. The standard InChI is InChI=1S/C26H28N4O3S/c1-3-9-23(19-10-5-4-6-11-19)27-24(31)18-34-26-29-28-25(20-12-7-13-21(16-20)32-2)30(26)17-22-14-8-15-33-22/h4-8,10-16,23H,3,9,17-18H2,1-2H3,(H,27,31). The molecule has 8 heteroatoms. The third-order valence-corrected chi connectivity index (χ3v) is 6.35. The first-order valence-electron chi connectivity index (χ1n) is 11.2. The van der Waals surface area contributed by atoms with E-state index in [2.05, 4.69) is 22.4 Å². The Morgan fingerprint density at radius 3 is 2.71 bits per heavy atom. The van der Waals surface area contributed by atoms with Crippen molar-refractivity contribution >= 4 is 17.7 Å². The number of thioether (sulfide) groups is 1. The highest BCUT2D eigenvalue weighted by Crippen LogP contribution is 2.28. The van der Waals surface area contributed by atoms with Crippen molar-refractivity contribution in [3.63, 3.8) is 0 Å². The van der Waals surface area contributed by atoms with E-state index >= 15 is 0 Å². The molecule has 1 N–H and O–H groups in total. The minimum atomic E-state index is -0.0391. The molecule has 4 rings (SSSR count). The molecule has 7 nitrogen and oxygen atoms in total. The van der Waals surface area contributed by atoms with Gasteiger partial charge in [0.2, 0.25) is 5.91 Å². The summed E-state index contributed by atoms with van der Waals surface area (Å²) in [6.07, 6.45) is 3.51. The van der Waals surface area contributed by atoms with Gasteiger partial charge < -0.3 is 14.5 Å². The van der Waals surface area contributed by atoms with Crippen LogP contribution in [0.4, 0.5) is 0 Å². The molecule has 0 bridgehead atoms. The van der Waals surface area contributed by atoms with E-state index in [-0.39, 0.29) is 17.7 Å². The molecule has 0 aliphatic heterocycles. The van der Waals surface area contributed by atoms with Crippen LogP contribution >= 0.6 is 11.8 Å². The zero-order chi connectivity index (χ0) is 23.8. The van der Waals surface area contributed by atoms with Gasteiger partial charge in [0.25, 0.3) is 0 Å². The van der Waals surface area contributed by atoms with E-state index < -0.39 is 0 Å². The van der Waals surface area contributed by atoms with Crippen molar-refractivity contribution in [1.82, 2.24) is 20.1 Å². The summed E-state index contributed by atoms with van der Waals surface area (Å²) >= 11 is 1.36. The number of hydrogen-bond donors (Lipinski definition) is 1. The number of benzene rings is 2. The summed E-state index contributed by atoms with van der Waals surface area (Å²) in [5, 5.41) is 12.6. The van der Waals surface area contributed by atoms with Crippen LogP contribution in [0, 0.1) is 0 Å². The average Bonchev–Trinajstić information content (AvgIpc) is 3.53. The summed E-state index contributed by atoms with van der Waals surface area (Å²) in [4.78, 5) is 12.8. The normalized spacial score (nSPS) is 11.8. The molecular weight excluding hydrogens is 448 g/mol. The molecular formula is C26H28N4O3S. The lowest BCUT2D eigenvalue weighted by atomic mass is 10.0. The molecule has 1 atom stereocenters. The highest BCUT2D eigenvalue weighted by Gasteiger charge is 2.19. The molecule has 0 spiro atoms. The van der Waals surface area contributed by atoms with E-state index in [1.807, 2.05) is 71.3 Å². The maximum atomic E-state index is 12.8. The lowest BCUT2D eigenvalue weighted by molar-refractivity contribution is -0.119. The van der Waals surface area contributed by atoms with Gasteiger partial charge in [-0.25, -0.2) is 0 Å². The molecule has 4 aromatic rings. The van der Waals surface area contributed by atoms with Crippen LogP contribution in [0.25, 0.3) is 11.4 Å². The Labute approximate surface area is 203 Å². The molecule has 0 saturated heterocycles. The summed E-state index contributed by atoms with van der Waals surface area (Å²) < 4.78 is 12.9. The van der Waals surface area contributed by atoms with Gasteiger partial charge in [0.15, 0.2) is 11.0 Å². The number of nitrogens with one attached hydrogen (secondary N) is 1. The minimum Gasteiger partial charge on any atom is -0.497 e. The van der Waals surface area contributed by atoms with Crippen molar-refractivity contribution in [3.05, 3.63) is 84.3 Å². The van der Waals surface area contributed by atoms with E-state index in [9.17, 15) is 4.79 Å². The van der Waals surface area contributed by atoms with E-state index in [0.717, 1.165) is 35.5 Å². The summed E-state index contributed by atoms with van der Waals surface area (Å²) in [5.41, 5.74) is 1.99. The quantitative estimate of drug-likeness (QED) is 0.294. The van der Waals surface area contributed by atoms with E-state index in [0.29, 0.717) is 17.5 Å². The van der Waals surface area contributed by atoms with Crippen molar-refractivity contribution in [3.8, 4) is 17.1 Å². The number of amides is 1. The number of ether oxygens (including phenoxy) is 1. The zero-order valence-electron chi connectivity index (χ0n) is 19.3. The smallest absolute Gasteiger partial charge is 0.230 e. The first-order chi connectivity index (χ1) is 16.7. The van der Waals surface area contributed by atoms with Crippen LogP contribution in [0.15, 0.2) is 82.6 Å². The van der Waals surface area contributed by atoms with Crippen LogP contribution in [-0.4, -0.2) is 33.5 Å². The maximum absolute atomic E-state index is 12.8. The van der Waals surface area contributed by atoms with Crippen molar-refractivity contribution in [2.75, 3.05) is 12.9 Å². The monoisotopic (exact) mass is 476 g/mol. The van der Waals surface area contributed by atoms with Gasteiger partial charge in [-0.2, -0.15) is 0 Å². The summed E-state index contributed by atoms with van der Waals surface area (Å²) in [6.45, 7) is 2.58. The molecule has 0 aliphatic carbocycles. The fraction of sp³-hybridized carbons (Fsp3) is 0.269. The zero-order valence-corrected chi connectivity index (χ0v) is 20.1. The Morgan fingerprint density at radius 1 is 1.12 bits per heavy atom. The first kappa shape index (κ1) is 23.6. The molecule has 2 aromatic carbocycles. The van der Waals surface area contributed by atoms with Gasteiger partial charge in [-0.1, -0.05) is 67.6 Å². The lowest BCUT2D eigenvalue weighted by Gasteiger charge is -2.18. The molecule has 1 amide bonds. The molecule has 1 unspecified atom stereocenters. The second-order valence-corrected chi connectivity index (χ2v) is 8.75. The predicted octanol–water partition coefficient (Wildman–Crippen LogP) is 5.34. The van der Waals surface area contributed by atoms with Gasteiger partial charge in [0, 0.05) is 5.56 Å². The largest absolute Gasteiger partial charge is 0.497 e. The SMILES string of the molecule is CCCC(NC(=O)CSc1nnc(-c2cccc(OC)c2)n1Cc1ccco1)c1ccccc1. The first-order valence-corrected chi connectivity index (χ1v) is 12.2. The number of furan rings is 1. The van der Waals surface area contributed by atoms with Crippen LogP contribution in [0.1, 0.15) is 37.1 Å². The number of aromatic nitrogens is 3. The van der Waals surface area contributed by atoms with E-state index in [4.69, 9.17) is 9.15 Å². The van der Waals surface area contributed by atoms with Gasteiger partial charge in [-0.15, -0.1) is 10.2 Å². The Balaban J connectivity index is 1.51. The van der Waals surface area contributed by atoms with E-state index in [1.165, 1.54) is 11.8 Å². The van der Waals surface area contributed by atoms with Crippen LogP contribution in [-0.2, 0) is 11.3 Å². The van der Waals surface area contributed by atoms with Crippen LogP contribution < -0.4 is 10.1 Å². The molecule has 0 saturated carbocycles. The Bertz CT molecular complexity index is 1190.